The lowest BCUT2D eigenvalue weighted by Crippen LogP contribution is -2.47. The molecule has 3 amide bonds. The fourth-order valence-electron chi connectivity index (χ4n) is 2.30. The minimum Gasteiger partial charge on any atom is -0.466 e. The van der Waals surface area contributed by atoms with Crippen LogP contribution in [-0.4, -0.2) is 55.6 Å². The summed E-state index contributed by atoms with van der Waals surface area (Å²) >= 11 is 0. The molecule has 0 aromatic carbocycles. The van der Waals surface area contributed by atoms with E-state index < -0.39 is 6.03 Å². The number of nitrogens with one attached hydrogen (secondary N) is 2. The average molecular weight is 299 g/mol. The molecular formula is C14H25N3O4. The van der Waals surface area contributed by atoms with Crippen LogP contribution in [0.25, 0.3) is 0 Å². The lowest BCUT2D eigenvalue weighted by Gasteiger charge is -2.30. The molecule has 0 spiro atoms. The van der Waals surface area contributed by atoms with E-state index in [1.807, 2.05) is 11.8 Å². The predicted octanol–water partition coefficient (Wildman–Crippen LogP) is 0.497. The van der Waals surface area contributed by atoms with Crippen molar-refractivity contribution in [3.8, 4) is 0 Å². The maximum Gasteiger partial charge on any atom is 0.321 e. The lowest BCUT2D eigenvalue weighted by molar-refractivity contribution is -0.150. The number of carbonyl (C=O) groups is 3. The van der Waals surface area contributed by atoms with Crippen LogP contribution in [0.15, 0.2) is 0 Å². The van der Waals surface area contributed by atoms with Gasteiger partial charge in [0.05, 0.1) is 19.1 Å². The average Bonchev–Trinajstić information content (AvgIpc) is 2.45. The number of piperidine rings is 1. The molecule has 1 saturated heterocycles. The van der Waals surface area contributed by atoms with Crippen molar-refractivity contribution in [1.82, 2.24) is 15.5 Å². The van der Waals surface area contributed by atoms with E-state index in [1.54, 1.807) is 6.92 Å². The number of hydrogen-bond acceptors (Lipinski definition) is 5. The van der Waals surface area contributed by atoms with Crippen LogP contribution in [-0.2, 0) is 14.3 Å². The summed E-state index contributed by atoms with van der Waals surface area (Å²) in [5.41, 5.74) is 0. The summed E-state index contributed by atoms with van der Waals surface area (Å²) in [6, 6.07) is -0.471. The van der Waals surface area contributed by atoms with E-state index in [2.05, 4.69) is 10.6 Å². The smallest absolute Gasteiger partial charge is 0.321 e. The molecule has 120 valence electrons. The Bertz CT molecular complexity index is 373. The number of imide groups is 1. The molecule has 0 bridgehead atoms. The van der Waals surface area contributed by atoms with E-state index in [9.17, 15) is 14.4 Å². The van der Waals surface area contributed by atoms with Gasteiger partial charge in [-0.3, -0.25) is 19.8 Å². The first-order chi connectivity index (χ1) is 10.1. The summed E-state index contributed by atoms with van der Waals surface area (Å²) in [5, 5.41) is 4.87. The first-order valence-electron chi connectivity index (χ1n) is 7.53. The van der Waals surface area contributed by atoms with Crippen molar-refractivity contribution >= 4 is 17.9 Å². The zero-order chi connectivity index (χ0) is 15.7. The maximum absolute atomic E-state index is 11.8. The molecular weight excluding hydrogens is 274 g/mol. The molecule has 0 radical (unpaired) electrons. The van der Waals surface area contributed by atoms with Crippen LogP contribution in [0.5, 0.6) is 0 Å². The van der Waals surface area contributed by atoms with Crippen LogP contribution >= 0.6 is 0 Å². The Morgan fingerprint density at radius 2 is 2.05 bits per heavy atom. The fourth-order valence-corrected chi connectivity index (χ4v) is 2.30. The molecule has 0 aromatic rings. The summed E-state index contributed by atoms with van der Waals surface area (Å²) in [6.07, 6.45) is 2.45. The van der Waals surface area contributed by atoms with Gasteiger partial charge in [0, 0.05) is 13.1 Å². The quantitative estimate of drug-likeness (QED) is 0.697. The number of urea groups is 1. The maximum atomic E-state index is 11.8. The summed E-state index contributed by atoms with van der Waals surface area (Å²) in [4.78, 5) is 36.7. The zero-order valence-corrected chi connectivity index (χ0v) is 12.8. The van der Waals surface area contributed by atoms with Gasteiger partial charge in [-0.1, -0.05) is 6.92 Å². The molecule has 1 unspecified atom stereocenters. The molecule has 0 saturated carbocycles. The predicted molar refractivity (Wildman–Crippen MR) is 77.6 cm³/mol. The largest absolute Gasteiger partial charge is 0.466 e. The third kappa shape index (κ3) is 6.57. The highest BCUT2D eigenvalue weighted by atomic mass is 16.5. The topological polar surface area (TPSA) is 87.7 Å². The highest BCUT2D eigenvalue weighted by molar-refractivity contribution is 5.95. The Morgan fingerprint density at radius 3 is 2.71 bits per heavy atom. The molecule has 1 heterocycles. The van der Waals surface area contributed by atoms with Gasteiger partial charge in [0.1, 0.15) is 0 Å². The van der Waals surface area contributed by atoms with Gasteiger partial charge in [-0.25, -0.2) is 4.79 Å². The van der Waals surface area contributed by atoms with Gasteiger partial charge in [0.2, 0.25) is 5.91 Å². The minimum atomic E-state index is -0.471. The van der Waals surface area contributed by atoms with Gasteiger partial charge in [0.25, 0.3) is 0 Å². The summed E-state index contributed by atoms with van der Waals surface area (Å²) in [5.74, 6) is -0.739. The Balaban J connectivity index is 2.35. The van der Waals surface area contributed by atoms with Crippen molar-refractivity contribution in [3.63, 3.8) is 0 Å². The van der Waals surface area contributed by atoms with E-state index >= 15 is 0 Å². The minimum absolute atomic E-state index is 0.120. The lowest BCUT2D eigenvalue weighted by atomic mass is 9.98. The van der Waals surface area contributed by atoms with Crippen molar-refractivity contribution < 1.29 is 19.1 Å². The normalized spacial score (nSPS) is 18.9. The van der Waals surface area contributed by atoms with Crippen molar-refractivity contribution in [3.05, 3.63) is 0 Å². The van der Waals surface area contributed by atoms with E-state index in [4.69, 9.17) is 4.74 Å². The van der Waals surface area contributed by atoms with Crippen molar-refractivity contribution in [2.24, 2.45) is 5.92 Å². The van der Waals surface area contributed by atoms with Crippen LogP contribution in [0.1, 0.15) is 33.1 Å². The van der Waals surface area contributed by atoms with Gasteiger partial charge in [-0.15, -0.1) is 0 Å². The second kappa shape index (κ2) is 9.33. The Hall–Kier alpha value is -1.63. The van der Waals surface area contributed by atoms with Gasteiger partial charge in [-0.2, -0.15) is 0 Å². The molecule has 1 atom stereocenters. The number of hydrogen-bond donors (Lipinski definition) is 2. The summed E-state index contributed by atoms with van der Waals surface area (Å²) in [7, 11) is 0. The first-order valence-corrected chi connectivity index (χ1v) is 7.53. The molecule has 1 fully saturated rings. The van der Waals surface area contributed by atoms with E-state index in [-0.39, 0.29) is 24.3 Å². The highest BCUT2D eigenvalue weighted by Crippen LogP contribution is 2.17. The molecule has 21 heavy (non-hydrogen) atoms. The number of likely N-dealkylation sites (tertiary alicyclic amines) is 1. The van der Waals surface area contributed by atoms with Crippen LogP contribution in [0, 0.1) is 5.92 Å². The molecule has 0 aliphatic carbocycles. The zero-order valence-electron chi connectivity index (χ0n) is 12.8. The molecule has 7 heteroatoms. The van der Waals surface area contributed by atoms with Crippen LogP contribution in [0.2, 0.25) is 0 Å². The van der Waals surface area contributed by atoms with E-state index in [1.165, 1.54) is 0 Å². The molecule has 7 nitrogen and oxygen atoms in total. The second-order valence-electron chi connectivity index (χ2n) is 5.13. The Labute approximate surface area is 125 Å². The van der Waals surface area contributed by atoms with E-state index in [0.717, 1.165) is 25.8 Å². The molecule has 1 aliphatic rings. The third-order valence-electron chi connectivity index (χ3n) is 3.28. The molecule has 2 N–H and O–H groups in total. The van der Waals surface area contributed by atoms with E-state index in [0.29, 0.717) is 19.7 Å². The van der Waals surface area contributed by atoms with Gasteiger partial charge in [0.15, 0.2) is 0 Å². The van der Waals surface area contributed by atoms with Gasteiger partial charge in [-0.05, 0) is 32.7 Å². The molecule has 0 aromatic heterocycles. The van der Waals surface area contributed by atoms with Crippen molar-refractivity contribution in [1.29, 1.82) is 0 Å². The Morgan fingerprint density at radius 1 is 1.29 bits per heavy atom. The van der Waals surface area contributed by atoms with Gasteiger partial charge < -0.3 is 10.1 Å². The standard InChI is InChI=1S/C14H25N3O4/c1-3-7-15-14(20)16-12(18)10-17-8-5-6-11(9-17)13(19)21-4-2/h11H,3-10H2,1-2H3,(H2,15,16,18,20). The van der Waals surface area contributed by atoms with Crippen LogP contribution < -0.4 is 10.6 Å². The summed E-state index contributed by atoms with van der Waals surface area (Å²) < 4.78 is 5.01. The monoisotopic (exact) mass is 299 g/mol. The number of rotatable bonds is 6. The SMILES string of the molecule is CCCNC(=O)NC(=O)CN1CCCC(C(=O)OCC)C1. The highest BCUT2D eigenvalue weighted by Gasteiger charge is 2.27. The fraction of sp³-hybridized carbons (Fsp3) is 0.786. The molecule has 1 rings (SSSR count). The van der Waals surface area contributed by atoms with Crippen molar-refractivity contribution in [2.45, 2.75) is 33.1 Å². The number of nitrogens with zero attached hydrogens (tertiary/aromatic N) is 1. The first kappa shape index (κ1) is 17.4. The number of esters is 1. The Kier molecular flexibility index (Phi) is 7.74. The number of carbonyl (C=O) groups excluding carboxylic acids is 3. The number of ether oxygens (including phenoxy) is 1. The van der Waals surface area contributed by atoms with Crippen molar-refractivity contribution in [2.75, 3.05) is 32.8 Å². The second-order valence-corrected chi connectivity index (χ2v) is 5.13. The van der Waals surface area contributed by atoms with Crippen LogP contribution in [0.4, 0.5) is 4.79 Å². The van der Waals surface area contributed by atoms with Crippen LogP contribution in [0.3, 0.4) is 0 Å². The summed E-state index contributed by atoms with van der Waals surface area (Å²) in [6.45, 7) is 5.99. The molecule has 1 aliphatic heterocycles. The third-order valence-corrected chi connectivity index (χ3v) is 3.28. The van der Waals surface area contributed by atoms with Gasteiger partial charge >= 0.3 is 12.0 Å². The number of amides is 3.